The number of nitrogens with two attached hydrogens (primary N) is 1. The molecule has 2 N–H and O–H groups in total. The van der Waals surface area contributed by atoms with Crippen LogP contribution in [0.25, 0.3) is 0 Å². The Morgan fingerprint density at radius 3 is 2.82 bits per heavy atom. The first-order valence-electron chi connectivity index (χ1n) is 4.31. The Morgan fingerprint density at radius 2 is 2.36 bits per heavy atom. The van der Waals surface area contributed by atoms with E-state index in [9.17, 15) is 0 Å². The monoisotopic (exact) mass is 151 g/mol. The molecule has 1 nitrogen and oxygen atoms in total. The Morgan fingerprint density at radius 1 is 1.64 bits per heavy atom. The van der Waals surface area contributed by atoms with E-state index in [1.807, 2.05) is 6.08 Å². The Hall–Kier alpha value is -0.720. The van der Waals surface area contributed by atoms with Crippen LogP contribution in [0.1, 0.15) is 33.1 Å². The minimum absolute atomic E-state index is 0.373. The Balaban J connectivity index is 2.58. The maximum Gasteiger partial charge on any atom is 0.0270 e. The molecule has 1 atom stereocenters. The van der Waals surface area contributed by atoms with Gasteiger partial charge in [0.15, 0.2) is 0 Å². The number of rotatable bonds is 2. The van der Waals surface area contributed by atoms with Crippen LogP contribution in [0.5, 0.6) is 0 Å². The highest BCUT2D eigenvalue weighted by atomic mass is 14.6. The zero-order chi connectivity index (χ0) is 8.32. The van der Waals surface area contributed by atoms with Crippen molar-refractivity contribution < 1.29 is 0 Å². The van der Waals surface area contributed by atoms with Crippen molar-refractivity contribution in [2.75, 3.05) is 0 Å². The molecule has 0 fully saturated rings. The summed E-state index contributed by atoms with van der Waals surface area (Å²) in [4.78, 5) is 0. The smallest absolute Gasteiger partial charge is 0.0270 e. The predicted molar refractivity (Wildman–Crippen MR) is 49.0 cm³/mol. The second-order valence-corrected chi connectivity index (χ2v) is 3.65. The van der Waals surface area contributed by atoms with Gasteiger partial charge in [-0.1, -0.05) is 32.4 Å². The van der Waals surface area contributed by atoms with Gasteiger partial charge in [0.05, 0.1) is 0 Å². The van der Waals surface area contributed by atoms with E-state index in [0.717, 1.165) is 12.1 Å². The molecule has 0 saturated carbocycles. The maximum absolute atomic E-state index is 5.63. The second kappa shape index (κ2) is 3.12. The summed E-state index contributed by atoms with van der Waals surface area (Å²) < 4.78 is 0. The summed E-state index contributed by atoms with van der Waals surface area (Å²) in [5, 5.41) is 0. The van der Waals surface area contributed by atoms with Crippen molar-refractivity contribution in [2.45, 2.75) is 33.1 Å². The zero-order valence-corrected chi connectivity index (χ0v) is 7.43. The summed E-state index contributed by atoms with van der Waals surface area (Å²) in [5.74, 6) is 0. The third-order valence-electron chi connectivity index (χ3n) is 2.30. The Bertz CT molecular complexity index is 191. The van der Waals surface area contributed by atoms with Gasteiger partial charge in [-0.15, -0.1) is 0 Å². The SMILES string of the molecule is CCCC1(C)C=CC(N)=CC1. The molecule has 0 heterocycles. The molecule has 1 rings (SSSR count). The molecule has 0 spiro atoms. The van der Waals surface area contributed by atoms with Crippen LogP contribution >= 0.6 is 0 Å². The van der Waals surface area contributed by atoms with E-state index in [2.05, 4.69) is 26.0 Å². The molecule has 1 aliphatic carbocycles. The number of hydrogen-bond acceptors (Lipinski definition) is 1. The molecule has 0 aromatic carbocycles. The third kappa shape index (κ3) is 2.11. The van der Waals surface area contributed by atoms with Crippen molar-refractivity contribution in [1.29, 1.82) is 0 Å². The van der Waals surface area contributed by atoms with E-state index in [1.165, 1.54) is 12.8 Å². The molecule has 1 aliphatic rings. The van der Waals surface area contributed by atoms with Gasteiger partial charge in [0.2, 0.25) is 0 Å². The molecule has 0 bridgehead atoms. The average Bonchev–Trinajstić information content (AvgIpc) is 1.97. The van der Waals surface area contributed by atoms with E-state index < -0.39 is 0 Å². The fourth-order valence-corrected chi connectivity index (χ4v) is 1.54. The summed E-state index contributed by atoms with van der Waals surface area (Å²) >= 11 is 0. The van der Waals surface area contributed by atoms with Crippen molar-refractivity contribution >= 4 is 0 Å². The van der Waals surface area contributed by atoms with Gasteiger partial charge in [-0.3, -0.25) is 0 Å². The standard InChI is InChI=1S/C10H17N/c1-3-6-10(2)7-4-9(11)5-8-10/h4-5,7H,3,6,8,11H2,1-2H3. The van der Waals surface area contributed by atoms with Crippen molar-refractivity contribution in [2.24, 2.45) is 11.1 Å². The van der Waals surface area contributed by atoms with Gasteiger partial charge >= 0.3 is 0 Å². The van der Waals surface area contributed by atoms with Gasteiger partial charge < -0.3 is 5.73 Å². The van der Waals surface area contributed by atoms with Crippen LogP contribution in [0, 0.1) is 5.41 Å². The maximum atomic E-state index is 5.63. The van der Waals surface area contributed by atoms with Gasteiger partial charge in [0, 0.05) is 5.70 Å². The molecular formula is C10H17N. The Kier molecular flexibility index (Phi) is 2.38. The van der Waals surface area contributed by atoms with Crippen molar-refractivity contribution in [3.63, 3.8) is 0 Å². The normalized spacial score (nSPS) is 30.2. The summed E-state index contributed by atoms with van der Waals surface area (Å²) in [6.45, 7) is 4.51. The van der Waals surface area contributed by atoms with E-state index in [1.54, 1.807) is 0 Å². The third-order valence-corrected chi connectivity index (χ3v) is 2.30. The topological polar surface area (TPSA) is 26.0 Å². The fourth-order valence-electron chi connectivity index (χ4n) is 1.54. The minimum Gasteiger partial charge on any atom is -0.399 e. The molecule has 62 valence electrons. The first-order chi connectivity index (χ1) is 5.16. The lowest BCUT2D eigenvalue weighted by Gasteiger charge is -2.26. The van der Waals surface area contributed by atoms with Crippen molar-refractivity contribution in [1.82, 2.24) is 0 Å². The molecular weight excluding hydrogens is 134 g/mol. The second-order valence-electron chi connectivity index (χ2n) is 3.65. The molecule has 1 unspecified atom stereocenters. The van der Waals surface area contributed by atoms with E-state index >= 15 is 0 Å². The van der Waals surface area contributed by atoms with Crippen molar-refractivity contribution in [3.05, 3.63) is 23.9 Å². The first kappa shape index (κ1) is 8.38. The lowest BCUT2D eigenvalue weighted by atomic mass is 9.79. The highest BCUT2D eigenvalue weighted by molar-refractivity contribution is 5.23. The minimum atomic E-state index is 0.373. The number of allylic oxidation sites excluding steroid dienone is 3. The first-order valence-corrected chi connectivity index (χ1v) is 4.31. The summed E-state index contributed by atoms with van der Waals surface area (Å²) in [7, 11) is 0. The predicted octanol–water partition coefficient (Wildman–Crippen LogP) is 2.60. The van der Waals surface area contributed by atoms with E-state index in [4.69, 9.17) is 5.73 Å². The van der Waals surface area contributed by atoms with Crippen LogP contribution in [0.3, 0.4) is 0 Å². The van der Waals surface area contributed by atoms with Gasteiger partial charge in [-0.2, -0.15) is 0 Å². The molecule has 0 amide bonds. The largest absolute Gasteiger partial charge is 0.399 e. The highest BCUT2D eigenvalue weighted by Gasteiger charge is 2.20. The molecule has 0 aliphatic heterocycles. The van der Waals surface area contributed by atoms with Crippen LogP contribution in [0.4, 0.5) is 0 Å². The quantitative estimate of drug-likeness (QED) is 0.645. The van der Waals surface area contributed by atoms with Crippen LogP contribution in [0.2, 0.25) is 0 Å². The molecule has 0 radical (unpaired) electrons. The van der Waals surface area contributed by atoms with Crippen LogP contribution in [-0.2, 0) is 0 Å². The molecule has 0 aromatic heterocycles. The molecule has 0 saturated heterocycles. The lowest BCUT2D eigenvalue weighted by Crippen LogP contribution is -2.15. The fraction of sp³-hybridized carbons (Fsp3) is 0.600. The average molecular weight is 151 g/mol. The molecule has 1 heteroatoms. The lowest BCUT2D eigenvalue weighted by molar-refractivity contribution is 0.387. The summed E-state index contributed by atoms with van der Waals surface area (Å²) in [6.07, 6.45) is 9.99. The van der Waals surface area contributed by atoms with Gasteiger partial charge in [-0.05, 0) is 24.3 Å². The number of hydrogen-bond donors (Lipinski definition) is 1. The van der Waals surface area contributed by atoms with Crippen LogP contribution < -0.4 is 5.73 Å². The van der Waals surface area contributed by atoms with Crippen molar-refractivity contribution in [3.8, 4) is 0 Å². The Labute approximate surface area is 69.0 Å². The van der Waals surface area contributed by atoms with Gasteiger partial charge in [0.1, 0.15) is 0 Å². The van der Waals surface area contributed by atoms with Crippen LogP contribution in [0.15, 0.2) is 23.9 Å². The van der Waals surface area contributed by atoms with Gasteiger partial charge in [0.25, 0.3) is 0 Å². The zero-order valence-electron chi connectivity index (χ0n) is 7.43. The summed E-state index contributed by atoms with van der Waals surface area (Å²) in [6, 6.07) is 0. The highest BCUT2D eigenvalue weighted by Crippen LogP contribution is 2.32. The molecule has 11 heavy (non-hydrogen) atoms. The van der Waals surface area contributed by atoms with E-state index in [-0.39, 0.29) is 0 Å². The molecule has 0 aromatic rings. The van der Waals surface area contributed by atoms with Crippen LogP contribution in [-0.4, -0.2) is 0 Å². The van der Waals surface area contributed by atoms with Gasteiger partial charge in [-0.25, -0.2) is 0 Å². The van der Waals surface area contributed by atoms with E-state index in [0.29, 0.717) is 5.41 Å². The summed E-state index contributed by atoms with van der Waals surface area (Å²) in [5.41, 5.74) is 6.91.